The Bertz CT molecular complexity index is 560. The van der Waals surface area contributed by atoms with Crippen LogP contribution in [0.2, 0.25) is 5.02 Å². The van der Waals surface area contributed by atoms with E-state index in [0.29, 0.717) is 18.1 Å². The van der Waals surface area contributed by atoms with Crippen LogP contribution in [0, 0.1) is 0 Å². The van der Waals surface area contributed by atoms with Gasteiger partial charge in [0.15, 0.2) is 0 Å². The monoisotopic (exact) mass is 335 g/mol. The zero-order valence-corrected chi connectivity index (χ0v) is 13.4. The number of hydrogen-bond acceptors (Lipinski definition) is 5. The molecular weight excluding hydrogens is 318 g/mol. The summed E-state index contributed by atoms with van der Waals surface area (Å²) in [5.41, 5.74) is 5.87. The number of rotatable bonds is 5. The SMILES string of the molecule is Nc1cc(Cl)ccc1S(=O)(=O)NCCN1CCSCC1. The molecule has 0 spiro atoms. The molecule has 20 heavy (non-hydrogen) atoms. The van der Waals surface area contributed by atoms with Gasteiger partial charge in [0.25, 0.3) is 0 Å². The number of halogens is 1. The fourth-order valence-corrected chi connectivity index (χ4v) is 4.30. The standard InChI is InChI=1S/C12H18ClN3O2S2/c13-10-1-2-12(11(14)9-10)20(17,18)15-3-4-16-5-7-19-8-6-16/h1-2,9,15H,3-8,14H2. The van der Waals surface area contributed by atoms with E-state index in [-0.39, 0.29) is 10.6 Å². The molecule has 0 radical (unpaired) electrons. The third-order valence-electron chi connectivity index (χ3n) is 3.09. The summed E-state index contributed by atoms with van der Waals surface area (Å²) in [7, 11) is -3.57. The Hall–Kier alpha value is -0.470. The molecule has 112 valence electrons. The second kappa shape index (κ2) is 7.00. The topological polar surface area (TPSA) is 75.4 Å². The highest BCUT2D eigenvalue weighted by molar-refractivity contribution is 7.99. The van der Waals surface area contributed by atoms with E-state index < -0.39 is 10.0 Å². The Morgan fingerprint density at radius 3 is 2.70 bits per heavy atom. The predicted molar refractivity (Wildman–Crippen MR) is 84.8 cm³/mol. The van der Waals surface area contributed by atoms with Crippen LogP contribution in [0.5, 0.6) is 0 Å². The summed E-state index contributed by atoms with van der Waals surface area (Å²) in [6.07, 6.45) is 0. The molecule has 2 rings (SSSR count). The predicted octanol–water partition coefficient (Wildman–Crippen LogP) is 1.25. The maximum absolute atomic E-state index is 12.1. The number of sulfonamides is 1. The van der Waals surface area contributed by atoms with E-state index in [4.69, 9.17) is 17.3 Å². The van der Waals surface area contributed by atoms with Crippen molar-refractivity contribution in [2.45, 2.75) is 4.90 Å². The van der Waals surface area contributed by atoms with Gasteiger partial charge in [-0.1, -0.05) is 11.6 Å². The molecule has 0 unspecified atom stereocenters. The van der Waals surface area contributed by atoms with Crippen LogP contribution in [0.1, 0.15) is 0 Å². The van der Waals surface area contributed by atoms with Crippen LogP contribution in [0.3, 0.4) is 0 Å². The molecule has 8 heteroatoms. The second-order valence-corrected chi connectivity index (χ2v) is 7.93. The zero-order valence-electron chi connectivity index (χ0n) is 11.0. The quantitative estimate of drug-likeness (QED) is 0.792. The number of nitrogens with zero attached hydrogens (tertiary/aromatic N) is 1. The van der Waals surface area contributed by atoms with Crippen LogP contribution < -0.4 is 10.5 Å². The summed E-state index contributed by atoms with van der Waals surface area (Å²) < 4.78 is 26.9. The molecule has 5 nitrogen and oxygen atoms in total. The van der Waals surface area contributed by atoms with Gasteiger partial charge in [-0.2, -0.15) is 11.8 Å². The molecule has 1 fully saturated rings. The summed E-state index contributed by atoms with van der Waals surface area (Å²) >= 11 is 7.70. The molecule has 1 aliphatic heterocycles. The number of anilines is 1. The number of benzene rings is 1. The van der Waals surface area contributed by atoms with Gasteiger partial charge in [0.05, 0.1) is 5.69 Å². The molecule has 1 aliphatic rings. The average Bonchev–Trinajstić information content (AvgIpc) is 2.39. The fourth-order valence-electron chi connectivity index (χ4n) is 2.00. The van der Waals surface area contributed by atoms with Crippen LogP contribution in [0.4, 0.5) is 5.69 Å². The van der Waals surface area contributed by atoms with Crippen molar-refractivity contribution in [2.75, 3.05) is 43.4 Å². The first-order valence-electron chi connectivity index (χ1n) is 6.34. The zero-order chi connectivity index (χ0) is 14.6. The number of nitrogen functional groups attached to an aromatic ring is 1. The van der Waals surface area contributed by atoms with Gasteiger partial charge in [-0.25, -0.2) is 13.1 Å². The van der Waals surface area contributed by atoms with Gasteiger partial charge in [-0.3, -0.25) is 0 Å². The van der Waals surface area contributed by atoms with E-state index in [9.17, 15) is 8.42 Å². The summed E-state index contributed by atoms with van der Waals surface area (Å²) in [6.45, 7) is 3.12. The lowest BCUT2D eigenvalue weighted by atomic mass is 10.3. The van der Waals surface area contributed by atoms with E-state index in [2.05, 4.69) is 9.62 Å². The Morgan fingerprint density at radius 1 is 1.35 bits per heavy atom. The van der Waals surface area contributed by atoms with Crippen LogP contribution >= 0.6 is 23.4 Å². The molecule has 0 amide bonds. The largest absolute Gasteiger partial charge is 0.398 e. The van der Waals surface area contributed by atoms with Gasteiger partial charge in [-0.15, -0.1) is 0 Å². The van der Waals surface area contributed by atoms with Crippen molar-refractivity contribution in [3.63, 3.8) is 0 Å². The third-order valence-corrected chi connectivity index (χ3v) is 5.80. The first-order valence-corrected chi connectivity index (χ1v) is 9.35. The maximum atomic E-state index is 12.1. The number of nitrogens with two attached hydrogens (primary N) is 1. The van der Waals surface area contributed by atoms with E-state index >= 15 is 0 Å². The average molecular weight is 336 g/mol. The first-order chi connectivity index (χ1) is 9.49. The van der Waals surface area contributed by atoms with Crippen molar-refractivity contribution in [1.82, 2.24) is 9.62 Å². The summed E-state index contributed by atoms with van der Waals surface area (Å²) in [6, 6.07) is 4.39. The van der Waals surface area contributed by atoms with Crippen LogP contribution in [-0.4, -0.2) is 51.0 Å². The molecule has 0 aliphatic carbocycles. The van der Waals surface area contributed by atoms with E-state index in [0.717, 1.165) is 24.6 Å². The Balaban J connectivity index is 1.93. The Labute approximate surface area is 128 Å². The van der Waals surface area contributed by atoms with Crippen molar-refractivity contribution >= 4 is 39.1 Å². The summed E-state index contributed by atoms with van der Waals surface area (Å²) in [5.74, 6) is 2.22. The summed E-state index contributed by atoms with van der Waals surface area (Å²) in [5, 5.41) is 0.423. The fraction of sp³-hybridized carbons (Fsp3) is 0.500. The maximum Gasteiger partial charge on any atom is 0.242 e. The van der Waals surface area contributed by atoms with Gasteiger partial charge < -0.3 is 10.6 Å². The molecule has 3 N–H and O–H groups in total. The van der Waals surface area contributed by atoms with Gasteiger partial charge >= 0.3 is 0 Å². The highest BCUT2D eigenvalue weighted by Crippen LogP contribution is 2.22. The minimum absolute atomic E-state index is 0.0797. The van der Waals surface area contributed by atoms with E-state index in [1.165, 1.54) is 18.2 Å². The van der Waals surface area contributed by atoms with Gasteiger partial charge in [0.2, 0.25) is 10.0 Å². The first kappa shape index (κ1) is 15.9. The lowest BCUT2D eigenvalue weighted by Gasteiger charge is -2.26. The van der Waals surface area contributed by atoms with Crippen molar-refractivity contribution in [3.8, 4) is 0 Å². The van der Waals surface area contributed by atoms with E-state index in [1.807, 2.05) is 11.8 Å². The molecule has 0 aromatic heterocycles. The molecule has 0 bridgehead atoms. The molecule has 1 saturated heterocycles. The number of nitrogens with one attached hydrogen (secondary N) is 1. The van der Waals surface area contributed by atoms with Crippen molar-refractivity contribution < 1.29 is 8.42 Å². The Kier molecular flexibility index (Phi) is 5.57. The van der Waals surface area contributed by atoms with Crippen molar-refractivity contribution in [2.24, 2.45) is 0 Å². The minimum Gasteiger partial charge on any atom is -0.398 e. The smallest absolute Gasteiger partial charge is 0.242 e. The Morgan fingerprint density at radius 2 is 2.05 bits per heavy atom. The summed E-state index contributed by atoms with van der Waals surface area (Å²) in [4.78, 5) is 2.33. The minimum atomic E-state index is -3.57. The third kappa shape index (κ3) is 4.26. The van der Waals surface area contributed by atoms with Gasteiger partial charge in [-0.05, 0) is 18.2 Å². The molecule has 0 saturated carbocycles. The van der Waals surface area contributed by atoms with Crippen LogP contribution in [-0.2, 0) is 10.0 Å². The highest BCUT2D eigenvalue weighted by atomic mass is 35.5. The molecule has 0 atom stereocenters. The number of thioether (sulfide) groups is 1. The lowest BCUT2D eigenvalue weighted by Crippen LogP contribution is -2.39. The van der Waals surface area contributed by atoms with Crippen LogP contribution in [0.25, 0.3) is 0 Å². The molecule has 1 aromatic rings. The van der Waals surface area contributed by atoms with Gasteiger partial charge in [0.1, 0.15) is 4.90 Å². The second-order valence-electron chi connectivity index (χ2n) is 4.53. The van der Waals surface area contributed by atoms with Crippen LogP contribution in [0.15, 0.2) is 23.1 Å². The van der Waals surface area contributed by atoms with Gasteiger partial charge in [0, 0.05) is 42.7 Å². The normalized spacial score (nSPS) is 17.2. The molecular formula is C12H18ClN3O2S2. The molecule has 1 heterocycles. The number of hydrogen-bond donors (Lipinski definition) is 2. The van der Waals surface area contributed by atoms with Crippen molar-refractivity contribution in [1.29, 1.82) is 0 Å². The van der Waals surface area contributed by atoms with E-state index in [1.54, 1.807) is 0 Å². The molecule has 1 aromatic carbocycles. The van der Waals surface area contributed by atoms with Crippen molar-refractivity contribution in [3.05, 3.63) is 23.2 Å². The lowest BCUT2D eigenvalue weighted by molar-refractivity contribution is 0.307. The highest BCUT2D eigenvalue weighted by Gasteiger charge is 2.18.